The summed E-state index contributed by atoms with van der Waals surface area (Å²) < 4.78 is 5.20. The Bertz CT molecular complexity index is 269. The number of hydrogen-bond donors (Lipinski definition) is 1. The second-order valence-electron chi connectivity index (χ2n) is 3.07. The lowest BCUT2D eigenvalue weighted by Crippen LogP contribution is -1.95. The zero-order chi connectivity index (χ0) is 9.68. The summed E-state index contributed by atoms with van der Waals surface area (Å²) in [5.74, 6) is 0.926. The van der Waals surface area contributed by atoms with Crippen molar-refractivity contribution in [2.75, 3.05) is 13.7 Å². The molecule has 0 spiro atoms. The molecule has 1 rings (SSSR count). The summed E-state index contributed by atoms with van der Waals surface area (Å²) in [4.78, 5) is 0. The first-order valence-corrected chi connectivity index (χ1v) is 4.53. The highest BCUT2D eigenvalue weighted by atomic mass is 16.5. The van der Waals surface area contributed by atoms with Gasteiger partial charge in [0.05, 0.1) is 7.11 Å². The Morgan fingerprint density at radius 1 is 1.38 bits per heavy atom. The number of aryl methyl sites for hydroxylation is 1. The van der Waals surface area contributed by atoms with Crippen LogP contribution in [0.2, 0.25) is 0 Å². The Balaban J connectivity index is 2.81. The summed E-state index contributed by atoms with van der Waals surface area (Å²) >= 11 is 0. The summed E-state index contributed by atoms with van der Waals surface area (Å²) in [6.45, 7) is 2.29. The molecule has 0 unspecified atom stereocenters. The average Bonchev–Trinajstić information content (AvgIpc) is 2.16. The predicted octanol–water partition coefficient (Wildman–Crippen LogP) is 1.93. The molecule has 0 fully saturated rings. The zero-order valence-electron chi connectivity index (χ0n) is 8.21. The normalized spacial score (nSPS) is 10.1. The van der Waals surface area contributed by atoms with E-state index in [1.807, 2.05) is 19.1 Å². The second-order valence-corrected chi connectivity index (χ2v) is 3.07. The van der Waals surface area contributed by atoms with Crippen molar-refractivity contribution in [3.63, 3.8) is 0 Å². The van der Waals surface area contributed by atoms with Crippen LogP contribution in [0.15, 0.2) is 18.2 Å². The van der Waals surface area contributed by atoms with Gasteiger partial charge in [0.15, 0.2) is 0 Å². The maximum absolute atomic E-state index is 8.71. The maximum Gasteiger partial charge on any atom is 0.122 e. The summed E-state index contributed by atoms with van der Waals surface area (Å²) in [6, 6.07) is 6.02. The van der Waals surface area contributed by atoms with E-state index in [1.165, 1.54) is 11.1 Å². The van der Waals surface area contributed by atoms with Gasteiger partial charge in [-0.1, -0.05) is 12.1 Å². The van der Waals surface area contributed by atoms with E-state index in [2.05, 4.69) is 6.07 Å². The lowest BCUT2D eigenvalue weighted by atomic mass is 10.0. The van der Waals surface area contributed by atoms with Gasteiger partial charge in [0.25, 0.3) is 0 Å². The van der Waals surface area contributed by atoms with Gasteiger partial charge in [0, 0.05) is 6.61 Å². The number of aliphatic hydroxyl groups excluding tert-OH is 1. The first-order valence-electron chi connectivity index (χ1n) is 4.53. The molecule has 0 saturated carbocycles. The lowest BCUT2D eigenvalue weighted by Gasteiger charge is -2.09. The van der Waals surface area contributed by atoms with Crippen LogP contribution in [-0.2, 0) is 6.42 Å². The molecule has 72 valence electrons. The highest BCUT2D eigenvalue weighted by Crippen LogP contribution is 2.21. The smallest absolute Gasteiger partial charge is 0.122 e. The molecule has 0 saturated heterocycles. The Morgan fingerprint density at radius 2 is 2.15 bits per heavy atom. The van der Waals surface area contributed by atoms with Gasteiger partial charge >= 0.3 is 0 Å². The van der Waals surface area contributed by atoms with Gasteiger partial charge in [0.2, 0.25) is 0 Å². The Labute approximate surface area is 79.2 Å². The fourth-order valence-corrected chi connectivity index (χ4v) is 1.42. The van der Waals surface area contributed by atoms with Crippen LogP contribution in [0.4, 0.5) is 0 Å². The standard InChI is InChI=1S/C11H16O2/c1-9-10(6-4-8-12)5-3-7-11(9)13-2/h3,5,7,12H,4,6,8H2,1-2H3. The molecular weight excluding hydrogens is 164 g/mol. The molecule has 0 aliphatic carbocycles. The molecule has 0 heterocycles. The number of benzene rings is 1. The number of ether oxygens (including phenoxy) is 1. The van der Waals surface area contributed by atoms with Crippen molar-refractivity contribution in [3.05, 3.63) is 29.3 Å². The molecule has 2 heteroatoms. The highest BCUT2D eigenvalue weighted by Gasteiger charge is 2.02. The van der Waals surface area contributed by atoms with E-state index in [0.717, 1.165) is 18.6 Å². The SMILES string of the molecule is COc1cccc(CCCO)c1C. The lowest BCUT2D eigenvalue weighted by molar-refractivity contribution is 0.288. The molecule has 1 N–H and O–H groups in total. The molecule has 1 aromatic rings. The van der Waals surface area contributed by atoms with E-state index in [9.17, 15) is 0 Å². The van der Waals surface area contributed by atoms with Gasteiger partial charge in [-0.05, 0) is 37.0 Å². The largest absolute Gasteiger partial charge is 0.496 e. The van der Waals surface area contributed by atoms with Crippen molar-refractivity contribution in [3.8, 4) is 5.75 Å². The maximum atomic E-state index is 8.71. The summed E-state index contributed by atoms with van der Waals surface area (Å²) in [7, 11) is 1.68. The fraction of sp³-hybridized carbons (Fsp3) is 0.455. The van der Waals surface area contributed by atoms with Gasteiger partial charge < -0.3 is 9.84 Å². The molecule has 2 nitrogen and oxygen atoms in total. The van der Waals surface area contributed by atoms with E-state index in [4.69, 9.17) is 9.84 Å². The minimum absolute atomic E-state index is 0.247. The minimum atomic E-state index is 0.247. The number of hydrogen-bond acceptors (Lipinski definition) is 2. The highest BCUT2D eigenvalue weighted by molar-refractivity contribution is 5.39. The Kier molecular flexibility index (Phi) is 3.77. The molecule has 0 aliphatic heterocycles. The van der Waals surface area contributed by atoms with Crippen LogP contribution in [0.5, 0.6) is 5.75 Å². The molecule has 0 amide bonds. The molecule has 1 aromatic carbocycles. The van der Waals surface area contributed by atoms with Gasteiger partial charge in [0.1, 0.15) is 5.75 Å². The van der Waals surface area contributed by atoms with Gasteiger partial charge in [-0.15, -0.1) is 0 Å². The predicted molar refractivity (Wildman–Crippen MR) is 53.1 cm³/mol. The van der Waals surface area contributed by atoms with Crippen LogP contribution < -0.4 is 4.74 Å². The van der Waals surface area contributed by atoms with Crippen molar-refractivity contribution < 1.29 is 9.84 Å². The van der Waals surface area contributed by atoms with E-state index in [0.29, 0.717) is 0 Å². The van der Waals surface area contributed by atoms with Crippen molar-refractivity contribution in [1.82, 2.24) is 0 Å². The zero-order valence-corrected chi connectivity index (χ0v) is 8.21. The van der Waals surface area contributed by atoms with Gasteiger partial charge in [-0.25, -0.2) is 0 Å². The number of methoxy groups -OCH3 is 1. The topological polar surface area (TPSA) is 29.5 Å². The molecular formula is C11H16O2. The Hall–Kier alpha value is -1.02. The second kappa shape index (κ2) is 4.87. The van der Waals surface area contributed by atoms with Crippen molar-refractivity contribution in [2.45, 2.75) is 19.8 Å². The monoisotopic (exact) mass is 180 g/mol. The van der Waals surface area contributed by atoms with E-state index >= 15 is 0 Å². The van der Waals surface area contributed by atoms with Crippen LogP contribution in [0.3, 0.4) is 0 Å². The average molecular weight is 180 g/mol. The quantitative estimate of drug-likeness (QED) is 0.767. The van der Waals surface area contributed by atoms with E-state index in [-0.39, 0.29) is 6.61 Å². The molecule has 0 aliphatic rings. The van der Waals surface area contributed by atoms with Crippen molar-refractivity contribution >= 4 is 0 Å². The van der Waals surface area contributed by atoms with Crippen LogP contribution in [0, 0.1) is 6.92 Å². The first kappa shape index (κ1) is 10.1. The molecule has 0 bridgehead atoms. The first-order chi connectivity index (χ1) is 6.29. The molecule has 0 atom stereocenters. The van der Waals surface area contributed by atoms with Crippen LogP contribution in [0.1, 0.15) is 17.5 Å². The van der Waals surface area contributed by atoms with Gasteiger partial charge in [-0.3, -0.25) is 0 Å². The third-order valence-corrected chi connectivity index (χ3v) is 2.22. The number of rotatable bonds is 4. The van der Waals surface area contributed by atoms with Crippen LogP contribution in [0.25, 0.3) is 0 Å². The summed E-state index contributed by atoms with van der Waals surface area (Å²) in [5.41, 5.74) is 2.44. The van der Waals surface area contributed by atoms with E-state index in [1.54, 1.807) is 7.11 Å². The van der Waals surface area contributed by atoms with Crippen LogP contribution >= 0.6 is 0 Å². The van der Waals surface area contributed by atoms with Crippen LogP contribution in [-0.4, -0.2) is 18.8 Å². The van der Waals surface area contributed by atoms with E-state index < -0.39 is 0 Å². The fourth-order valence-electron chi connectivity index (χ4n) is 1.42. The number of aliphatic hydroxyl groups is 1. The molecule has 13 heavy (non-hydrogen) atoms. The Morgan fingerprint density at radius 3 is 2.77 bits per heavy atom. The minimum Gasteiger partial charge on any atom is -0.496 e. The third kappa shape index (κ3) is 2.46. The summed E-state index contributed by atoms with van der Waals surface area (Å²) in [6.07, 6.45) is 1.73. The van der Waals surface area contributed by atoms with Crippen molar-refractivity contribution in [2.24, 2.45) is 0 Å². The van der Waals surface area contributed by atoms with Crippen molar-refractivity contribution in [1.29, 1.82) is 0 Å². The molecule has 0 radical (unpaired) electrons. The third-order valence-electron chi connectivity index (χ3n) is 2.22. The van der Waals surface area contributed by atoms with Gasteiger partial charge in [-0.2, -0.15) is 0 Å². The summed E-state index contributed by atoms with van der Waals surface area (Å²) in [5, 5.41) is 8.71. The molecule has 0 aromatic heterocycles.